The highest BCUT2D eigenvalue weighted by Crippen LogP contribution is 2.34. The van der Waals surface area contributed by atoms with Crippen molar-refractivity contribution < 1.29 is 23.9 Å². The summed E-state index contributed by atoms with van der Waals surface area (Å²) >= 11 is 1.46. The lowest BCUT2D eigenvalue weighted by atomic mass is 9.90. The van der Waals surface area contributed by atoms with Gasteiger partial charge in [-0.25, -0.2) is 14.8 Å². The van der Waals surface area contributed by atoms with Crippen LogP contribution in [0.15, 0.2) is 72.8 Å². The van der Waals surface area contributed by atoms with Gasteiger partial charge in [0.25, 0.3) is 5.91 Å². The first-order valence-corrected chi connectivity index (χ1v) is 21.5. The number of hydrogen-bond donors (Lipinski definition) is 1. The molecule has 0 bridgehead atoms. The first kappa shape index (κ1) is 41.0. The van der Waals surface area contributed by atoms with E-state index >= 15 is 0 Å². The van der Waals surface area contributed by atoms with Gasteiger partial charge in [-0.15, -0.1) is 0 Å². The van der Waals surface area contributed by atoms with Crippen LogP contribution < -0.4 is 10.2 Å². The minimum atomic E-state index is -0.694. The fourth-order valence-corrected chi connectivity index (χ4v) is 9.03. The van der Waals surface area contributed by atoms with Crippen LogP contribution >= 0.6 is 11.3 Å². The van der Waals surface area contributed by atoms with Crippen LogP contribution in [0.1, 0.15) is 103 Å². The van der Waals surface area contributed by atoms with E-state index in [0.717, 1.165) is 83.2 Å². The number of para-hydroxylation sites is 1. The van der Waals surface area contributed by atoms with Gasteiger partial charge in [-0.05, 0) is 144 Å². The number of benzene rings is 3. The maximum absolute atomic E-state index is 13.9. The smallest absolute Gasteiger partial charge is 0.358 e. The first-order valence-electron chi connectivity index (χ1n) is 20.7. The molecule has 7 rings (SSSR count). The maximum atomic E-state index is 13.9. The Hall–Kier alpha value is -5.13. The van der Waals surface area contributed by atoms with Crippen LogP contribution in [-0.2, 0) is 33.7 Å². The topological polar surface area (TPSA) is 114 Å². The maximum Gasteiger partial charge on any atom is 0.358 e. The molecular weight excluding hydrogens is 747 g/mol. The largest absolute Gasteiger partial charge is 0.465 e. The van der Waals surface area contributed by atoms with Crippen LogP contribution in [0.4, 0.5) is 10.9 Å². The van der Waals surface area contributed by atoms with E-state index in [2.05, 4.69) is 51.3 Å². The van der Waals surface area contributed by atoms with Gasteiger partial charge in [0.1, 0.15) is 11.4 Å². The number of hydrogen-bond acceptors (Lipinski definition) is 10. The van der Waals surface area contributed by atoms with Crippen LogP contribution in [0.3, 0.4) is 0 Å². The number of amides is 1. The van der Waals surface area contributed by atoms with Gasteiger partial charge in [0, 0.05) is 24.2 Å². The van der Waals surface area contributed by atoms with E-state index in [1.54, 1.807) is 0 Å². The van der Waals surface area contributed by atoms with Crippen molar-refractivity contribution in [1.82, 2.24) is 14.9 Å². The van der Waals surface area contributed by atoms with Crippen LogP contribution in [0.2, 0.25) is 0 Å². The number of nitrogens with one attached hydrogen (secondary N) is 1. The number of rotatable bonds is 13. The lowest BCUT2D eigenvalue weighted by Gasteiger charge is -2.31. The second-order valence-electron chi connectivity index (χ2n) is 16.5. The summed E-state index contributed by atoms with van der Waals surface area (Å²) in [5, 5.41) is 3.60. The monoisotopic (exact) mass is 801 g/mol. The van der Waals surface area contributed by atoms with Crippen molar-refractivity contribution in [2.45, 2.75) is 91.7 Å². The molecule has 0 aliphatic carbocycles. The number of carbonyl (C=O) groups is 3. The fourth-order valence-electron chi connectivity index (χ4n) is 8.17. The molecule has 0 atom stereocenters. The zero-order valence-electron chi connectivity index (χ0n) is 34.4. The summed E-state index contributed by atoms with van der Waals surface area (Å²) in [7, 11) is 0. The van der Waals surface area contributed by atoms with Crippen molar-refractivity contribution in [3.8, 4) is 11.1 Å². The van der Waals surface area contributed by atoms with Crippen molar-refractivity contribution in [3.63, 3.8) is 0 Å². The Morgan fingerprint density at radius 2 is 1.71 bits per heavy atom. The lowest BCUT2D eigenvalue weighted by molar-refractivity contribution is -0.144. The molecule has 1 fully saturated rings. The highest BCUT2D eigenvalue weighted by molar-refractivity contribution is 7.22. The predicted molar refractivity (Wildman–Crippen MR) is 232 cm³/mol. The Morgan fingerprint density at radius 3 is 2.47 bits per heavy atom. The molecule has 2 aliphatic heterocycles. The number of unbranched alkanes of at least 4 members (excludes halogenated alkanes) is 1. The summed E-state index contributed by atoms with van der Waals surface area (Å²) in [5.74, 6) is 0.587. The van der Waals surface area contributed by atoms with Crippen LogP contribution in [-0.4, -0.2) is 71.1 Å². The summed E-state index contributed by atoms with van der Waals surface area (Å²) in [4.78, 5) is 53.4. The van der Waals surface area contributed by atoms with Crippen molar-refractivity contribution in [2.75, 3.05) is 43.0 Å². The molecule has 58 heavy (non-hydrogen) atoms. The minimum Gasteiger partial charge on any atom is -0.465 e. The molecule has 0 unspecified atom stereocenters. The van der Waals surface area contributed by atoms with Gasteiger partial charge in [-0.2, -0.15) is 0 Å². The summed E-state index contributed by atoms with van der Waals surface area (Å²) in [6.07, 6.45) is 7.50. The quantitative estimate of drug-likeness (QED) is 0.0919. The second-order valence-corrected chi connectivity index (χ2v) is 17.6. The van der Waals surface area contributed by atoms with Gasteiger partial charge in [-0.3, -0.25) is 19.8 Å². The third kappa shape index (κ3) is 10.1. The fraction of sp³-hybridized carbons (Fsp3) is 0.426. The number of likely N-dealkylation sites (tertiary alicyclic amines) is 1. The van der Waals surface area contributed by atoms with E-state index < -0.39 is 11.6 Å². The molecule has 0 saturated carbocycles. The number of aromatic nitrogens is 2. The van der Waals surface area contributed by atoms with Crippen molar-refractivity contribution >= 4 is 50.3 Å². The molecule has 5 aromatic rings. The predicted octanol–water partition coefficient (Wildman–Crippen LogP) is 9.42. The van der Waals surface area contributed by atoms with Crippen LogP contribution in [0.25, 0.3) is 21.3 Å². The number of anilines is 2. The Balaban J connectivity index is 1.03. The van der Waals surface area contributed by atoms with E-state index in [1.807, 2.05) is 76.2 Å². The number of pyridine rings is 1. The third-order valence-corrected chi connectivity index (χ3v) is 12.1. The molecule has 10 nitrogen and oxygen atoms in total. The number of piperidine rings is 1. The number of thiazole rings is 1. The molecule has 1 amide bonds. The average molecular weight is 802 g/mol. The van der Waals surface area contributed by atoms with E-state index in [9.17, 15) is 14.4 Å². The first-order chi connectivity index (χ1) is 27.9. The van der Waals surface area contributed by atoms with Gasteiger partial charge >= 0.3 is 11.9 Å². The molecule has 3 aromatic carbocycles. The summed E-state index contributed by atoms with van der Waals surface area (Å²) in [6.45, 7) is 13.5. The summed E-state index contributed by atoms with van der Waals surface area (Å²) in [5.41, 5.74) is 7.18. The van der Waals surface area contributed by atoms with Gasteiger partial charge in [0.15, 0.2) is 10.8 Å². The Kier molecular flexibility index (Phi) is 12.9. The second kappa shape index (κ2) is 18.2. The van der Waals surface area contributed by atoms with E-state index in [-0.39, 0.29) is 17.6 Å². The van der Waals surface area contributed by atoms with E-state index in [0.29, 0.717) is 48.7 Å². The molecular formula is C47H55N5O5S. The van der Waals surface area contributed by atoms with Crippen molar-refractivity contribution in [1.29, 1.82) is 0 Å². The summed E-state index contributed by atoms with van der Waals surface area (Å²) < 4.78 is 12.1. The Morgan fingerprint density at radius 1 is 0.914 bits per heavy atom. The third-order valence-electron chi connectivity index (χ3n) is 11.1. The van der Waals surface area contributed by atoms with E-state index in [4.69, 9.17) is 14.5 Å². The molecule has 0 radical (unpaired) electrons. The number of fused-ring (bicyclic) bond motifs is 2. The number of carbonyl (C=O) groups excluding carboxylic acids is 3. The number of ether oxygens (including phenoxy) is 2. The molecule has 0 spiro atoms. The van der Waals surface area contributed by atoms with Crippen LogP contribution in [0, 0.1) is 12.8 Å². The van der Waals surface area contributed by atoms with E-state index in [1.165, 1.54) is 29.7 Å². The van der Waals surface area contributed by atoms with Crippen molar-refractivity contribution in [2.24, 2.45) is 5.92 Å². The zero-order valence-corrected chi connectivity index (χ0v) is 35.3. The standard InChI is InChI=1S/C47H55N5O5S/c1-6-56-42(53)30-51-25-22-32(23-26-51)12-7-8-13-33-18-19-35(31(2)28-33)36-20-21-41(49-43(36)45(55)57-47(3,4)5)52-27-24-34-14-11-15-37(38(34)29-52)44(54)50-46-48-39-16-9-10-17-40(39)58-46/h9-11,14-21,28,32H,6-8,12-13,22-27,29-30H2,1-5H3,(H,48,50,54). The molecule has 11 heteroatoms. The molecule has 304 valence electrons. The highest BCUT2D eigenvalue weighted by Gasteiger charge is 2.28. The molecule has 2 aliphatic rings. The van der Waals surface area contributed by atoms with Gasteiger partial charge in [0.05, 0.1) is 23.4 Å². The molecule has 4 heterocycles. The Labute approximate surface area is 346 Å². The number of esters is 2. The highest BCUT2D eigenvalue weighted by atomic mass is 32.1. The summed E-state index contributed by atoms with van der Waals surface area (Å²) in [6, 6.07) is 24.2. The van der Waals surface area contributed by atoms with Crippen LogP contribution in [0.5, 0.6) is 0 Å². The van der Waals surface area contributed by atoms with Gasteiger partial charge in [-0.1, -0.05) is 66.6 Å². The number of aryl methyl sites for hydroxylation is 2. The number of nitrogens with zero attached hydrogens (tertiary/aromatic N) is 4. The molecule has 2 aromatic heterocycles. The Bertz CT molecular complexity index is 2240. The van der Waals surface area contributed by atoms with Gasteiger partial charge in [0.2, 0.25) is 0 Å². The van der Waals surface area contributed by atoms with Gasteiger partial charge < -0.3 is 14.4 Å². The van der Waals surface area contributed by atoms with Crippen molar-refractivity contribution in [3.05, 3.63) is 106 Å². The molecule has 1 N–H and O–H groups in total. The molecule has 1 saturated heterocycles. The zero-order chi connectivity index (χ0) is 40.8. The lowest BCUT2D eigenvalue weighted by Crippen LogP contribution is -2.38. The average Bonchev–Trinajstić information content (AvgIpc) is 3.61. The minimum absolute atomic E-state index is 0.124. The normalized spacial score (nSPS) is 14.9. The SMILES string of the molecule is CCOC(=O)CN1CCC(CCCCc2ccc(-c3ccc(N4CCc5cccc(C(=O)Nc6nc7ccccc7s6)c5C4)nc3C(=O)OC(C)(C)C)c(C)c2)CC1.